The van der Waals surface area contributed by atoms with Crippen LogP contribution in [-0.2, 0) is 14.9 Å². The zero-order chi connectivity index (χ0) is 31.2. The van der Waals surface area contributed by atoms with E-state index in [1.54, 1.807) is 6.08 Å². The van der Waals surface area contributed by atoms with Gasteiger partial charge in [-0.15, -0.1) is 0 Å². The highest BCUT2D eigenvalue weighted by Crippen LogP contribution is 2.14. The first-order valence-corrected chi connectivity index (χ1v) is 18.1. The van der Waals surface area contributed by atoms with Crippen molar-refractivity contribution in [2.45, 2.75) is 148 Å². The average molecular weight is 608 g/mol. The maximum atomic E-state index is 12.4. The summed E-state index contributed by atoms with van der Waals surface area (Å²) < 4.78 is 32.3. The van der Waals surface area contributed by atoms with Gasteiger partial charge in [0.25, 0.3) is 10.1 Å². The molecule has 0 aliphatic rings. The third-order valence-corrected chi connectivity index (χ3v) is 7.80. The monoisotopic (exact) mass is 607 g/mol. The maximum Gasteiger partial charge on any atom is 0.266 e. The van der Waals surface area contributed by atoms with Gasteiger partial charge in [0.05, 0.1) is 17.9 Å². The van der Waals surface area contributed by atoms with Crippen molar-refractivity contribution in [1.82, 2.24) is 5.32 Å². The fourth-order valence-corrected chi connectivity index (χ4v) is 5.34. The summed E-state index contributed by atoms with van der Waals surface area (Å²) in [5.74, 6) is -1.07. The Morgan fingerprint density at radius 2 is 1.05 bits per heavy atom. The molecule has 3 N–H and O–H groups in total. The van der Waals surface area contributed by atoms with Crippen LogP contribution < -0.4 is 5.32 Å². The predicted octanol–water partition coefficient (Wildman–Crippen LogP) is 8.95. The van der Waals surface area contributed by atoms with E-state index in [0.717, 1.165) is 44.9 Å². The smallest absolute Gasteiger partial charge is 0.266 e. The lowest BCUT2D eigenvalue weighted by molar-refractivity contribution is -0.121. The zero-order valence-corrected chi connectivity index (χ0v) is 27.4. The maximum absolute atomic E-state index is 12.4. The summed E-state index contributed by atoms with van der Waals surface area (Å²) in [5.41, 5.74) is 0. The van der Waals surface area contributed by atoms with Crippen molar-refractivity contribution in [3.8, 4) is 0 Å². The van der Waals surface area contributed by atoms with Gasteiger partial charge in [-0.1, -0.05) is 152 Å². The lowest BCUT2D eigenvalue weighted by Crippen LogP contribution is -2.47. The molecule has 0 aromatic carbocycles. The fourth-order valence-electron chi connectivity index (χ4n) is 4.58. The summed E-state index contributed by atoms with van der Waals surface area (Å²) in [6.45, 7) is 4.36. The number of rotatable bonds is 28. The number of aliphatic hydroxyl groups excluding tert-OH is 1. The zero-order valence-electron chi connectivity index (χ0n) is 26.6. The van der Waals surface area contributed by atoms with Crippen molar-refractivity contribution < 1.29 is 22.9 Å². The largest absolute Gasteiger partial charge is 0.391 e. The van der Waals surface area contributed by atoms with Crippen molar-refractivity contribution >= 4 is 16.0 Å². The molecular weight excluding hydrogens is 546 g/mol. The second kappa shape index (κ2) is 29.1. The number of allylic oxidation sites excluding steroid dienone is 9. The van der Waals surface area contributed by atoms with Crippen LogP contribution in [0.2, 0.25) is 0 Å². The first-order valence-electron chi connectivity index (χ1n) is 16.5. The molecule has 0 aliphatic carbocycles. The molecule has 0 spiro atoms. The van der Waals surface area contributed by atoms with E-state index in [2.05, 4.69) is 61.7 Å². The number of carbonyl (C=O) groups is 1. The van der Waals surface area contributed by atoms with E-state index in [0.29, 0.717) is 12.8 Å². The molecule has 42 heavy (non-hydrogen) atoms. The summed E-state index contributed by atoms with van der Waals surface area (Å²) in [7, 11) is -4.33. The third-order valence-electron chi connectivity index (χ3n) is 7.02. The van der Waals surface area contributed by atoms with Crippen molar-refractivity contribution in [3.63, 3.8) is 0 Å². The van der Waals surface area contributed by atoms with Crippen molar-refractivity contribution in [2.75, 3.05) is 5.75 Å². The second-order valence-corrected chi connectivity index (χ2v) is 12.6. The minimum atomic E-state index is -4.33. The summed E-state index contributed by atoms with van der Waals surface area (Å²) in [4.78, 5) is 12.4. The summed E-state index contributed by atoms with van der Waals surface area (Å²) in [6, 6.07) is -1.03. The number of unbranched alkanes of at least 4 members (excludes halogenated alkanes) is 11. The van der Waals surface area contributed by atoms with Crippen LogP contribution in [0.3, 0.4) is 0 Å². The van der Waals surface area contributed by atoms with Crippen LogP contribution in [0.1, 0.15) is 136 Å². The standard InChI is InChI=1S/C35H61NO5S/c1-3-5-7-9-11-13-15-17-18-19-21-23-25-27-29-31-35(38)36-33(32-42(39,40)41)34(37)30-28-26-24-22-20-16-14-12-10-8-6-4-2/h5,7,11,13,17-18,21,23,27,29,33-34,37H,3-4,6,8-10,12,14-16,19-20,22,24-26,28,30-32H2,1-2H3,(H,36,38)(H,39,40,41)/b7-5-,13-11-,18-17-,23-21-,29-27-. The number of aliphatic hydroxyl groups is 1. The Hall–Kier alpha value is -1.96. The predicted molar refractivity (Wildman–Crippen MR) is 179 cm³/mol. The van der Waals surface area contributed by atoms with Crippen LogP contribution in [0.5, 0.6) is 0 Å². The van der Waals surface area contributed by atoms with E-state index < -0.39 is 28.0 Å². The van der Waals surface area contributed by atoms with Gasteiger partial charge in [0, 0.05) is 6.42 Å². The normalized spacial score (nSPS) is 14.3. The Morgan fingerprint density at radius 1 is 0.643 bits per heavy atom. The molecular formula is C35H61NO5S. The van der Waals surface area contributed by atoms with Gasteiger partial charge in [-0.25, -0.2) is 0 Å². The van der Waals surface area contributed by atoms with Crippen molar-refractivity contribution in [1.29, 1.82) is 0 Å². The van der Waals surface area contributed by atoms with Crippen LogP contribution in [-0.4, -0.2) is 41.9 Å². The van der Waals surface area contributed by atoms with E-state index in [9.17, 15) is 22.9 Å². The molecule has 0 radical (unpaired) electrons. The Morgan fingerprint density at radius 3 is 1.48 bits per heavy atom. The first kappa shape index (κ1) is 40.0. The van der Waals surface area contributed by atoms with Crippen LogP contribution >= 0.6 is 0 Å². The van der Waals surface area contributed by atoms with Crippen LogP contribution in [0, 0.1) is 0 Å². The molecule has 0 fully saturated rings. The topological polar surface area (TPSA) is 104 Å². The van der Waals surface area contributed by atoms with Gasteiger partial charge < -0.3 is 10.4 Å². The number of carbonyl (C=O) groups excluding carboxylic acids is 1. The van der Waals surface area contributed by atoms with E-state index in [4.69, 9.17) is 0 Å². The molecule has 2 atom stereocenters. The van der Waals surface area contributed by atoms with Gasteiger partial charge >= 0.3 is 0 Å². The molecule has 0 saturated carbocycles. The molecule has 2 unspecified atom stereocenters. The third kappa shape index (κ3) is 29.5. The Labute approximate surface area is 258 Å². The summed E-state index contributed by atoms with van der Waals surface area (Å²) in [6.07, 6.45) is 39.0. The average Bonchev–Trinajstić information content (AvgIpc) is 2.94. The van der Waals surface area contributed by atoms with E-state index in [1.807, 2.05) is 12.2 Å². The Bertz CT molecular complexity index is 889. The molecule has 0 rings (SSSR count). The molecule has 0 aliphatic heterocycles. The first-order chi connectivity index (χ1) is 20.3. The molecule has 0 aromatic heterocycles. The van der Waals surface area contributed by atoms with Crippen LogP contribution in [0.4, 0.5) is 0 Å². The van der Waals surface area contributed by atoms with Crippen molar-refractivity contribution in [2.24, 2.45) is 0 Å². The van der Waals surface area contributed by atoms with Gasteiger partial charge in [-0.3, -0.25) is 9.35 Å². The molecule has 6 nitrogen and oxygen atoms in total. The molecule has 1 amide bonds. The molecule has 242 valence electrons. The Balaban J connectivity index is 4.17. The van der Waals surface area contributed by atoms with Crippen molar-refractivity contribution in [3.05, 3.63) is 60.8 Å². The number of nitrogens with one attached hydrogen (secondary N) is 1. The quantitative estimate of drug-likeness (QED) is 0.0468. The lowest BCUT2D eigenvalue weighted by atomic mass is 10.0. The number of hydrogen-bond donors (Lipinski definition) is 3. The van der Waals surface area contributed by atoms with Gasteiger partial charge in [0.1, 0.15) is 0 Å². The Kier molecular flexibility index (Phi) is 27.8. The minimum absolute atomic E-state index is 0.0841. The highest BCUT2D eigenvalue weighted by atomic mass is 32.2. The highest BCUT2D eigenvalue weighted by Gasteiger charge is 2.25. The van der Waals surface area contributed by atoms with Crippen LogP contribution in [0.25, 0.3) is 0 Å². The molecule has 0 heterocycles. The van der Waals surface area contributed by atoms with Gasteiger partial charge in [0.15, 0.2) is 0 Å². The van der Waals surface area contributed by atoms with E-state index in [-0.39, 0.29) is 12.3 Å². The summed E-state index contributed by atoms with van der Waals surface area (Å²) in [5, 5.41) is 13.2. The highest BCUT2D eigenvalue weighted by molar-refractivity contribution is 7.85. The molecule has 0 bridgehead atoms. The van der Waals surface area contributed by atoms with E-state index >= 15 is 0 Å². The lowest BCUT2D eigenvalue weighted by Gasteiger charge is -2.23. The molecule has 7 heteroatoms. The molecule has 0 saturated heterocycles. The van der Waals surface area contributed by atoms with Crippen LogP contribution in [0.15, 0.2) is 60.8 Å². The number of amides is 1. The minimum Gasteiger partial charge on any atom is -0.391 e. The number of hydrogen-bond acceptors (Lipinski definition) is 4. The SMILES string of the molecule is CC/C=C\C/C=C\C/C=C\C/C=C\C/C=C\CC(=O)NC(CS(=O)(=O)O)C(O)CCCCCCCCCCCCCC. The second-order valence-electron chi connectivity index (χ2n) is 11.1. The summed E-state index contributed by atoms with van der Waals surface area (Å²) >= 11 is 0. The fraction of sp³-hybridized carbons (Fsp3) is 0.686. The van der Waals surface area contributed by atoms with Gasteiger partial charge in [-0.2, -0.15) is 8.42 Å². The molecule has 0 aromatic rings. The van der Waals surface area contributed by atoms with E-state index in [1.165, 1.54) is 57.8 Å². The van der Waals surface area contributed by atoms with Gasteiger partial charge in [-0.05, 0) is 38.5 Å². The van der Waals surface area contributed by atoms with Gasteiger partial charge in [0.2, 0.25) is 5.91 Å².